The first-order valence-electron chi connectivity index (χ1n) is 17.3. The molecule has 0 radical (unpaired) electrons. The predicted octanol–water partition coefficient (Wildman–Crippen LogP) is 6.39. The van der Waals surface area contributed by atoms with Crippen molar-refractivity contribution in [3.8, 4) is 5.75 Å². The number of carbonyl (C=O) groups excluding carboxylic acids is 2. The fourth-order valence-electron chi connectivity index (χ4n) is 5.67. The monoisotopic (exact) mass is 720 g/mol. The highest BCUT2D eigenvalue weighted by Gasteiger charge is 2.25. The minimum absolute atomic E-state index is 0. The van der Waals surface area contributed by atoms with Crippen molar-refractivity contribution in [3.63, 3.8) is 0 Å². The normalized spacial score (nSPS) is 11.2. The van der Waals surface area contributed by atoms with Crippen molar-refractivity contribution in [1.29, 1.82) is 0 Å². The Balaban J connectivity index is 0.00000968. The lowest BCUT2D eigenvalue weighted by molar-refractivity contribution is -0.704. The molecule has 0 atom stereocenters. The van der Waals surface area contributed by atoms with Crippen molar-refractivity contribution in [2.45, 2.75) is 150 Å². The Morgan fingerprint density at radius 1 is 0.795 bits per heavy atom. The molecule has 2 aromatic rings. The third-order valence-electron chi connectivity index (χ3n) is 8.23. The number of hydrogen-bond donors (Lipinski definition) is 0. The lowest BCUT2D eigenvalue weighted by Crippen LogP contribution is -3.00. The molecular weight excluding hydrogens is 659 g/mol. The Bertz CT molecular complexity index is 1100. The Labute approximate surface area is 286 Å². The molecule has 1 aromatic carbocycles. The summed E-state index contributed by atoms with van der Waals surface area (Å²) in [7, 11) is 0. The Kier molecular flexibility index (Phi) is 20.5. The molecule has 0 aliphatic carbocycles. The van der Waals surface area contributed by atoms with Gasteiger partial charge in [-0.2, -0.15) is 0 Å². The van der Waals surface area contributed by atoms with Crippen LogP contribution in [0.25, 0.3) is 0 Å². The van der Waals surface area contributed by atoms with Crippen LogP contribution >= 0.6 is 0 Å². The molecule has 0 fully saturated rings. The lowest BCUT2D eigenvalue weighted by Gasteiger charge is -2.25. The van der Waals surface area contributed by atoms with Crippen LogP contribution in [0.5, 0.6) is 5.75 Å². The smallest absolute Gasteiger partial charge is 0.260 e. The summed E-state index contributed by atoms with van der Waals surface area (Å²) in [6.07, 6.45) is 20.5. The summed E-state index contributed by atoms with van der Waals surface area (Å²) in [5.41, 5.74) is 2.58. The summed E-state index contributed by atoms with van der Waals surface area (Å²) in [4.78, 5) is 27.5. The minimum atomic E-state index is -0.236. The number of pyridine rings is 1. The molecule has 6 heteroatoms. The second-order valence-corrected chi connectivity index (χ2v) is 13.2. The maximum atomic E-state index is 13.5. The number of benzene rings is 1. The SMILES string of the molecule is CCCCCCCCCCCCCCOc1ccc(C(=O)N(CCCc2cccc[n+]2CCC)C(C)=O)cc1C(C)(C)C.[I-]. The summed E-state index contributed by atoms with van der Waals surface area (Å²) in [6, 6.07) is 11.9. The number of aryl methyl sites for hydroxylation is 2. The number of unbranched alkanes of at least 4 members (excludes halogenated alkanes) is 11. The van der Waals surface area contributed by atoms with Gasteiger partial charge in [-0.15, -0.1) is 0 Å². The van der Waals surface area contributed by atoms with Gasteiger partial charge in [0, 0.05) is 49.6 Å². The third kappa shape index (κ3) is 14.9. The number of aromatic nitrogens is 1. The van der Waals surface area contributed by atoms with Gasteiger partial charge < -0.3 is 28.7 Å². The van der Waals surface area contributed by atoms with Gasteiger partial charge in [-0.1, -0.05) is 111 Å². The quantitative estimate of drug-likeness (QED) is 0.0855. The molecule has 0 unspecified atom stereocenters. The molecule has 0 aliphatic heterocycles. The van der Waals surface area contributed by atoms with Gasteiger partial charge in [0.1, 0.15) is 12.3 Å². The van der Waals surface area contributed by atoms with Gasteiger partial charge in [-0.25, -0.2) is 4.57 Å². The standard InChI is InChI=1S/C38H61N2O3.HI/c1-7-9-10-11-12-13-14-15-16-17-18-21-30-43-36-26-25-33(31-35(36)38(4,5)6)37(42)40(32(3)41)29-22-24-34-23-19-20-28-39(34)27-8-2;/h19-20,23,25-26,28,31H,7-18,21-22,24,27,29-30H2,1-6H3;1H/q+1;/p-1. The topological polar surface area (TPSA) is 50.5 Å². The molecule has 1 aromatic heterocycles. The van der Waals surface area contributed by atoms with Crippen LogP contribution in [0, 0.1) is 0 Å². The van der Waals surface area contributed by atoms with Crippen LogP contribution in [0.15, 0.2) is 42.6 Å². The van der Waals surface area contributed by atoms with Gasteiger partial charge in [-0.05, 0) is 36.5 Å². The molecule has 0 saturated heterocycles. The van der Waals surface area contributed by atoms with E-state index in [-0.39, 0.29) is 41.2 Å². The van der Waals surface area contributed by atoms with Gasteiger partial charge in [-0.3, -0.25) is 14.5 Å². The number of rotatable bonds is 21. The summed E-state index contributed by atoms with van der Waals surface area (Å²) < 4.78 is 8.50. The maximum absolute atomic E-state index is 13.5. The van der Waals surface area contributed by atoms with E-state index in [2.05, 4.69) is 51.4 Å². The average Bonchev–Trinajstić information content (AvgIpc) is 2.97. The number of hydrogen-bond acceptors (Lipinski definition) is 3. The molecule has 0 spiro atoms. The first-order chi connectivity index (χ1) is 20.7. The number of amides is 2. The number of halogens is 1. The highest BCUT2D eigenvalue weighted by Crippen LogP contribution is 2.33. The van der Waals surface area contributed by atoms with Crippen LogP contribution in [0.2, 0.25) is 0 Å². The second-order valence-electron chi connectivity index (χ2n) is 13.2. The third-order valence-corrected chi connectivity index (χ3v) is 8.23. The molecule has 5 nitrogen and oxygen atoms in total. The molecule has 44 heavy (non-hydrogen) atoms. The molecule has 0 bridgehead atoms. The highest BCUT2D eigenvalue weighted by atomic mass is 127. The van der Waals surface area contributed by atoms with E-state index < -0.39 is 0 Å². The fraction of sp³-hybridized carbons (Fsp3) is 0.658. The second kappa shape index (κ2) is 22.5. The van der Waals surface area contributed by atoms with Gasteiger partial charge in [0.25, 0.3) is 5.91 Å². The van der Waals surface area contributed by atoms with E-state index in [9.17, 15) is 9.59 Å². The molecule has 1 heterocycles. The van der Waals surface area contributed by atoms with Gasteiger partial charge in [0.05, 0.1) is 6.61 Å². The largest absolute Gasteiger partial charge is 1.00 e. The summed E-state index contributed by atoms with van der Waals surface area (Å²) in [5, 5.41) is 0. The predicted molar refractivity (Wildman–Crippen MR) is 179 cm³/mol. The first-order valence-corrected chi connectivity index (χ1v) is 17.3. The van der Waals surface area contributed by atoms with E-state index in [0.29, 0.717) is 18.7 Å². The number of nitrogens with zero attached hydrogens (tertiary/aromatic N) is 2. The number of ether oxygens (including phenoxy) is 1. The van der Waals surface area contributed by atoms with Crippen LogP contribution in [0.1, 0.15) is 153 Å². The lowest BCUT2D eigenvalue weighted by atomic mass is 9.85. The summed E-state index contributed by atoms with van der Waals surface area (Å²) in [5.74, 6) is 0.384. The van der Waals surface area contributed by atoms with Crippen molar-refractivity contribution in [2.75, 3.05) is 13.2 Å². The van der Waals surface area contributed by atoms with E-state index >= 15 is 0 Å². The molecule has 248 valence electrons. The summed E-state index contributed by atoms with van der Waals surface area (Å²) >= 11 is 0. The molecular formula is C38H61IN2O3. The van der Waals surface area contributed by atoms with E-state index in [0.717, 1.165) is 43.5 Å². The number of carbonyl (C=O) groups is 2. The van der Waals surface area contributed by atoms with Gasteiger partial charge >= 0.3 is 0 Å². The Hall–Kier alpha value is -1.96. The van der Waals surface area contributed by atoms with Crippen LogP contribution in [0.4, 0.5) is 0 Å². The molecule has 0 N–H and O–H groups in total. The Morgan fingerprint density at radius 2 is 1.41 bits per heavy atom. The molecule has 0 saturated carbocycles. The highest BCUT2D eigenvalue weighted by molar-refractivity contribution is 6.04. The zero-order valence-corrected chi connectivity index (χ0v) is 30.9. The van der Waals surface area contributed by atoms with E-state index in [1.54, 1.807) is 0 Å². The minimum Gasteiger partial charge on any atom is -1.00 e. The van der Waals surface area contributed by atoms with E-state index in [1.807, 2.05) is 30.3 Å². The van der Waals surface area contributed by atoms with Crippen LogP contribution in [-0.4, -0.2) is 29.9 Å². The molecule has 2 amide bonds. The average molecular weight is 721 g/mol. The Morgan fingerprint density at radius 3 is 1.98 bits per heavy atom. The fourth-order valence-corrected chi connectivity index (χ4v) is 5.67. The zero-order chi connectivity index (χ0) is 31.5. The van der Waals surface area contributed by atoms with Crippen LogP contribution < -0.4 is 33.3 Å². The molecule has 2 rings (SSSR count). The number of imide groups is 1. The maximum Gasteiger partial charge on any atom is 0.260 e. The van der Waals surface area contributed by atoms with Crippen molar-refractivity contribution < 1.29 is 42.9 Å². The van der Waals surface area contributed by atoms with Crippen LogP contribution in [-0.2, 0) is 23.2 Å². The van der Waals surface area contributed by atoms with Crippen molar-refractivity contribution in [1.82, 2.24) is 4.90 Å². The molecule has 0 aliphatic rings. The van der Waals surface area contributed by atoms with Crippen molar-refractivity contribution in [2.24, 2.45) is 0 Å². The van der Waals surface area contributed by atoms with Crippen LogP contribution in [0.3, 0.4) is 0 Å². The van der Waals surface area contributed by atoms with E-state index in [1.165, 1.54) is 88.1 Å². The summed E-state index contributed by atoms with van der Waals surface area (Å²) in [6.45, 7) is 14.4. The van der Waals surface area contributed by atoms with Gasteiger partial charge in [0.15, 0.2) is 11.9 Å². The van der Waals surface area contributed by atoms with Crippen molar-refractivity contribution >= 4 is 11.8 Å². The van der Waals surface area contributed by atoms with Crippen molar-refractivity contribution in [3.05, 3.63) is 59.4 Å². The van der Waals surface area contributed by atoms with Gasteiger partial charge in [0.2, 0.25) is 5.91 Å². The van der Waals surface area contributed by atoms with E-state index in [4.69, 9.17) is 4.74 Å². The zero-order valence-electron chi connectivity index (χ0n) is 28.8. The first kappa shape index (κ1) is 40.1.